The van der Waals surface area contributed by atoms with Crippen LogP contribution in [0.25, 0.3) is 0 Å². The molecule has 106 valence electrons. The molecule has 1 atom stereocenters. The SMILES string of the molecule is CCNCc1ccc(N2CCCC(COC)C2)nn1. The monoisotopic (exact) mass is 264 g/mol. The van der Waals surface area contributed by atoms with Crippen LogP contribution >= 0.6 is 0 Å². The highest BCUT2D eigenvalue weighted by Gasteiger charge is 2.20. The molecule has 1 aromatic rings. The number of aromatic nitrogens is 2. The molecule has 0 saturated carbocycles. The van der Waals surface area contributed by atoms with Gasteiger partial charge in [0.15, 0.2) is 5.82 Å². The number of nitrogens with one attached hydrogen (secondary N) is 1. The number of methoxy groups -OCH3 is 1. The molecule has 0 aromatic carbocycles. The number of piperidine rings is 1. The first-order valence-corrected chi connectivity index (χ1v) is 7.10. The molecule has 0 aliphatic carbocycles. The summed E-state index contributed by atoms with van der Waals surface area (Å²) in [6.07, 6.45) is 2.45. The van der Waals surface area contributed by atoms with Gasteiger partial charge in [0, 0.05) is 26.7 Å². The van der Waals surface area contributed by atoms with Gasteiger partial charge in [0.2, 0.25) is 0 Å². The molecule has 5 heteroatoms. The molecule has 1 aliphatic heterocycles. The van der Waals surface area contributed by atoms with Crippen molar-refractivity contribution in [2.45, 2.75) is 26.3 Å². The van der Waals surface area contributed by atoms with Gasteiger partial charge in [-0.15, -0.1) is 5.10 Å². The van der Waals surface area contributed by atoms with Gasteiger partial charge in [0.25, 0.3) is 0 Å². The summed E-state index contributed by atoms with van der Waals surface area (Å²) in [4.78, 5) is 2.32. The van der Waals surface area contributed by atoms with Gasteiger partial charge in [-0.05, 0) is 37.4 Å². The molecule has 1 aromatic heterocycles. The number of nitrogens with zero attached hydrogens (tertiary/aromatic N) is 3. The number of anilines is 1. The summed E-state index contributed by atoms with van der Waals surface area (Å²) in [5, 5.41) is 11.9. The fraction of sp³-hybridized carbons (Fsp3) is 0.714. The highest BCUT2D eigenvalue weighted by molar-refractivity contribution is 5.37. The molecule has 1 saturated heterocycles. The summed E-state index contributed by atoms with van der Waals surface area (Å²) in [5.41, 5.74) is 0.996. The number of ether oxygens (including phenoxy) is 1. The van der Waals surface area contributed by atoms with Crippen LogP contribution in [-0.2, 0) is 11.3 Å². The Morgan fingerprint density at radius 1 is 1.42 bits per heavy atom. The summed E-state index contributed by atoms with van der Waals surface area (Å²) in [7, 11) is 1.77. The molecule has 1 fully saturated rings. The second-order valence-electron chi connectivity index (χ2n) is 5.07. The van der Waals surface area contributed by atoms with E-state index in [-0.39, 0.29) is 0 Å². The average molecular weight is 264 g/mol. The normalized spacial score (nSPS) is 19.7. The maximum absolute atomic E-state index is 5.26. The van der Waals surface area contributed by atoms with E-state index in [1.807, 2.05) is 0 Å². The zero-order valence-electron chi connectivity index (χ0n) is 11.9. The maximum atomic E-state index is 5.26. The fourth-order valence-electron chi connectivity index (χ4n) is 2.51. The van der Waals surface area contributed by atoms with Crippen LogP contribution in [0.5, 0.6) is 0 Å². The quantitative estimate of drug-likeness (QED) is 0.843. The molecule has 1 aliphatic rings. The Kier molecular flexibility index (Phi) is 5.54. The molecule has 0 bridgehead atoms. The van der Waals surface area contributed by atoms with Crippen molar-refractivity contribution in [2.75, 3.05) is 38.3 Å². The molecule has 2 heterocycles. The maximum Gasteiger partial charge on any atom is 0.151 e. The van der Waals surface area contributed by atoms with Crippen molar-refractivity contribution in [2.24, 2.45) is 5.92 Å². The third-order valence-electron chi connectivity index (χ3n) is 3.51. The van der Waals surface area contributed by atoms with Crippen LogP contribution < -0.4 is 10.2 Å². The van der Waals surface area contributed by atoms with Crippen LogP contribution in [0.15, 0.2) is 12.1 Å². The summed E-state index contributed by atoms with van der Waals surface area (Å²) < 4.78 is 5.26. The summed E-state index contributed by atoms with van der Waals surface area (Å²) >= 11 is 0. The van der Waals surface area contributed by atoms with Gasteiger partial charge in [-0.1, -0.05) is 6.92 Å². The molecule has 5 nitrogen and oxygen atoms in total. The van der Waals surface area contributed by atoms with E-state index in [1.54, 1.807) is 7.11 Å². The van der Waals surface area contributed by atoms with Crippen molar-refractivity contribution in [3.05, 3.63) is 17.8 Å². The molecular formula is C14H24N4O. The summed E-state index contributed by atoms with van der Waals surface area (Å²) in [6, 6.07) is 4.14. The second kappa shape index (κ2) is 7.40. The van der Waals surface area contributed by atoms with Crippen molar-refractivity contribution < 1.29 is 4.74 Å². The van der Waals surface area contributed by atoms with Gasteiger partial charge in [-0.2, -0.15) is 5.10 Å². The molecule has 1 N–H and O–H groups in total. The van der Waals surface area contributed by atoms with E-state index in [9.17, 15) is 0 Å². The zero-order valence-corrected chi connectivity index (χ0v) is 11.9. The summed E-state index contributed by atoms with van der Waals surface area (Å²) in [5.74, 6) is 1.60. The van der Waals surface area contributed by atoms with E-state index in [0.717, 1.165) is 44.3 Å². The predicted octanol–water partition coefficient (Wildman–Crippen LogP) is 1.45. The Morgan fingerprint density at radius 2 is 2.32 bits per heavy atom. The molecule has 0 amide bonds. The largest absolute Gasteiger partial charge is 0.384 e. The fourth-order valence-corrected chi connectivity index (χ4v) is 2.51. The van der Waals surface area contributed by atoms with Gasteiger partial charge in [0.1, 0.15) is 0 Å². The van der Waals surface area contributed by atoms with E-state index >= 15 is 0 Å². The Morgan fingerprint density at radius 3 is 3.00 bits per heavy atom. The zero-order chi connectivity index (χ0) is 13.5. The number of hydrogen-bond acceptors (Lipinski definition) is 5. The highest BCUT2D eigenvalue weighted by Crippen LogP contribution is 2.21. The third-order valence-corrected chi connectivity index (χ3v) is 3.51. The summed E-state index contributed by atoms with van der Waals surface area (Å²) in [6.45, 7) is 6.76. The lowest BCUT2D eigenvalue weighted by Crippen LogP contribution is -2.37. The van der Waals surface area contributed by atoms with Crippen molar-refractivity contribution in [1.82, 2.24) is 15.5 Å². The van der Waals surface area contributed by atoms with Crippen molar-refractivity contribution in [3.63, 3.8) is 0 Å². The Bertz CT molecular complexity index is 366. The molecule has 1 unspecified atom stereocenters. The van der Waals surface area contributed by atoms with Crippen LogP contribution in [0.3, 0.4) is 0 Å². The van der Waals surface area contributed by atoms with Crippen LogP contribution in [0, 0.1) is 5.92 Å². The van der Waals surface area contributed by atoms with E-state index in [0.29, 0.717) is 5.92 Å². The van der Waals surface area contributed by atoms with Crippen molar-refractivity contribution in [3.8, 4) is 0 Å². The van der Waals surface area contributed by atoms with Crippen LogP contribution in [0.4, 0.5) is 5.82 Å². The first-order chi connectivity index (χ1) is 9.33. The van der Waals surface area contributed by atoms with E-state index < -0.39 is 0 Å². The lowest BCUT2D eigenvalue weighted by molar-refractivity contribution is 0.143. The van der Waals surface area contributed by atoms with Gasteiger partial charge in [0.05, 0.1) is 12.3 Å². The first-order valence-electron chi connectivity index (χ1n) is 7.10. The van der Waals surface area contributed by atoms with Crippen LogP contribution in [0.2, 0.25) is 0 Å². The average Bonchev–Trinajstić information content (AvgIpc) is 2.46. The minimum atomic E-state index is 0.613. The molecule has 0 spiro atoms. The lowest BCUT2D eigenvalue weighted by Gasteiger charge is -2.32. The molecular weight excluding hydrogens is 240 g/mol. The standard InChI is InChI=1S/C14H24N4O/c1-3-15-9-13-6-7-14(17-16-13)18-8-4-5-12(10-18)11-19-2/h6-7,12,15H,3-5,8-11H2,1-2H3. The van der Waals surface area contributed by atoms with Crippen LogP contribution in [0.1, 0.15) is 25.5 Å². The first kappa shape index (κ1) is 14.2. The minimum Gasteiger partial charge on any atom is -0.384 e. The second-order valence-corrected chi connectivity index (χ2v) is 5.07. The third kappa shape index (κ3) is 4.14. The molecule has 0 radical (unpaired) electrons. The molecule has 19 heavy (non-hydrogen) atoms. The molecule has 2 rings (SSSR count). The Hall–Kier alpha value is -1.20. The van der Waals surface area contributed by atoms with Gasteiger partial charge < -0.3 is 15.0 Å². The predicted molar refractivity (Wildman–Crippen MR) is 76.2 cm³/mol. The smallest absolute Gasteiger partial charge is 0.151 e. The minimum absolute atomic E-state index is 0.613. The Balaban J connectivity index is 1.93. The van der Waals surface area contributed by atoms with E-state index in [1.165, 1.54) is 12.8 Å². The van der Waals surface area contributed by atoms with Gasteiger partial charge >= 0.3 is 0 Å². The van der Waals surface area contributed by atoms with Crippen molar-refractivity contribution >= 4 is 5.82 Å². The lowest BCUT2D eigenvalue weighted by atomic mass is 9.99. The van der Waals surface area contributed by atoms with Crippen molar-refractivity contribution in [1.29, 1.82) is 0 Å². The Labute approximate surface area is 115 Å². The van der Waals surface area contributed by atoms with E-state index in [2.05, 4.69) is 39.5 Å². The topological polar surface area (TPSA) is 50.3 Å². The van der Waals surface area contributed by atoms with Crippen LogP contribution in [-0.4, -0.2) is 43.5 Å². The van der Waals surface area contributed by atoms with Gasteiger partial charge in [-0.3, -0.25) is 0 Å². The number of rotatable bonds is 6. The number of hydrogen-bond donors (Lipinski definition) is 1. The van der Waals surface area contributed by atoms with E-state index in [4.69, 9.17) is 4.74 Å². The highest BCUT2D eigenvalue weighted by atomic mass is 16.5. The van der Waals surface area contributed by atoms with Gasteiger partial charge in [-0.25, -0.2) is 0 Å².